The summed E-state index contributed by atoms with van der Waals surface area (Å²) in [6.45, 7) is 2.58. The molecule has 0 spiro atoms. The highest BCUT2D eigenvalue weighted by Crippen LogP contribution is 2.29. The van der Waals surface area contributed by atoms with E-state index in [0.29, 0.717) is 22.9 Å². The van der Waals surface area contributed by atoms with Gasteiger partial charge in [-0.25, -0.2) is 0 Å². The zero-order chi connectivity index (χ0) is 12.2. The average molecular weight is 262 g/mol. The van der Waals surface area contributed by atoms with Crippen molar-refractivity contribution < 1.29 is 5.11 Å². The summed E-state index contributed by atoms with van der Waals surface area (Å²) in [5.74, 6) is 0. The van der Waals surface area contributed by atoms with Gasteiger partial charge in [0.2, 0.25) is 0 Å². The number of nitrogens with one attached hydrogen (secondary N) is 1. The van der Waals surface area contributed by atoms with Gasteiger partial charge in [0, 0.05) is 6.42 Å². The van der Waals surface area contributed by atoms with E-state index in [4.69, 9.17) is 23.2 Å². The summed E-state index contributed by atoms with van der Waals surface area (Å²) in [5, 5.41) is 14.3. The Labute approximate surface area is 107 Å². The fraction of sp³-hybridized carbons (Fsp3) is 0.500. The van der Waals surface area contributed by atoms with Crippen LogP contribution in [0.25, 0.3) is 0 Å². The molecule has 0 radical (unpaired) electrons. The van der Waals surface area contributed by atoms with E-state index in [1.54, 1.807) is 6.07 Å². The second-order valence-electron chi connectivity index (χ2n) is 4.24. The van der Waals surface area contributed by atoms with Crippen molar-refractivity contribution in [3.8, 4) is 0 Å². The standard InChI is InChI=1S/C12H17Cl2NO/c1-12(16,6-7-15-2)8-9-4-3-5-10(13)11(9)14/h3-5,15-16H,6-8H2,1-2H3. The van der Waals surface area contributed by atoms with Crippen molar-refractivity contribution in [3.05, 3.63) is 33.8 Å². The Morgan fingerprint density at radius 1 is 1.38 bits per heavy atom. The number of hydrogen-bond acceptors (Lipinski definition) is 2. The van der Waals surface area contributed by atoms with Crippen molar-refractivity contribution in [2.75, 3.05) is 13.6 Å². The van der Waals surface area contributed by atoms with Crippen LogP contribution in [0.2, 0.25) is 10.0 Å². The molecule has 0 heterocycles. The molecule has 0 aliphatic rings. The lowest BCUT2D eigenvalue weighted by Crippen LogP contribution is -2.31. The number of halogens is 2. The molecule has 2 nitrogen and oxygen atoms in total. The van der Waals surface area contributed by atoms with Gasteiger partial charge in [-0.05, 0) is 38.6 Å². The van der Waals surface area contributed by atoms with Crippen molar-refractivity contribution in [1.82, 2.24) is 5.32 Å². The Hall–Kier alpha value is -0.280. The van der Waals surface area contributed by atoms with Crippen LogP contribution >= 0.6 is 23.2 Å². The third-order valence-corrected chi connectivity index (χ3v) is 3.37. The first-order valence-electron chi connectivity index (χ1n) is 5.26. The fourth-order valence-electron chi connectivity index (χ4n) is 1.58. The van der Waals surface area contributed by atoms with Gasteiger partial charge in [-0.15, -0.1) is 0 Å². The van der Waals surface area contributed by atoms with Gasteiger partial charge in [-0.2, -0.15) is 0 Å². The molecular formula is C12H17Cl2NO. The lowest BCUT2D eigenvalue weighted by atomic mass is 9.93. The van der Waals surface area contributed by atoms with Crippen LogP contribution in [0.4, 0.5) is 0 Å². The van der Waals surface area contributed by atoms with Crippen LogP contribution in [-0.2, 0) is 6.42 Å². The predicted molar refractivity (Wildman–Crippen MR) is 69.3 cm³/mol. The van der Waals surface area contributed by atoms with E-state index >= 15 is 0 Å². The predicted octanol–water partition coefficient (Wildman–Crippen LogP) is 2.90. The molecule has 4 heteroatoms. The minimum Gasteiger partial charge on any atom is -0.390 e. The minimum absolute atomic E-state index is 0.508. The molecule has 1 atom stereocenters. The van der Waals surface area contributed by atoms with Crippen molar-refractivity contribution in [2.24, 2.45) is 0 Å². The smallest absolute Gasteiger partial charge is 0.0672 e. The summed E-state index contributed by atoms with van der Waals surface area (Å²) in [6, 6.07) is 5.48. The quantitative estimate of drug-likeness (QED) is 0.855. The molecule has 0 aliphatic carbocycles. The number of hydrogen-bond donors (Lipinski definition) is 2. The zero-order valence-electron chi connectivity index (χ0n) is 9.56. The van der Waals surface area contributed by atoms with Gasteiger partial charge in [-0.1, -0.05) is 35.3 Å². The molecule has 0 fully saturated rings. The van der Waals surface area contributed by atoms with Crippen LogP contribution < -0.4 is 5.32 Å². The van der Waals surface area contributed by atoms with E-state index in [2.05, 4.69) is 5.32 Å². The highest BCUT2D eigenvalue weighted by Gasteiger charge is 2.21. The van der Waals surface area contributed by atoms with Crippen molar-refractivity contribution >= 4 is 23.2 Å². The molecule has 0 saturated carbocycles. The Balaban J connectivity index is 2.75. The first-order chi connectivity index (χ1) is 7.46. The van der Waals surface area contributed by atoms with Gasteiger partial charge in [0.15, 0.2) is 0 Å². The van der Waals surface area contributed by atoms with Crippen molar-refractivity contribution in [2.45, 2.75) is 25.4 Å². The third-order valence-electron chi connectivity index (χ3n) is 2.52. The maximum atomic E-state index is 10.2. The molecule has 1 aromatic carbocycles. The second kappa shape index (κ2) is 5.87. The average Bonchev–Trinajstić information content (AvgIpc) is 2.22. The summed E-state index contributed by atoms with van der Waals surface area (Å²) in [5.41, 5.74) is 0.118. The minimum atomic E-state index is -0.767. The summed E-state index contributed by atoms with van der Waals surface area (Å²) in [6.07, 6.45) is 1.18. The molecule has 1 unspecified atom stereocenters. The lowest BCUT2D eigenvalue weighted by Gasteiger charge is -2.23. The second-order valence-corrected chi connectivity index (χ2v) is 5.03. The fourth-order valence-corrected chi connectivity index (χ4v) is 1.96. The van der Waals surface area contributed by atoms with E-state index in [0.717, 1.165) is 12.1 Å². The van der Waals surface area contributed by atoms with E-state index in [1.165, 1.54) is 0 Å². The van der Waals surface area contributed by atoms with Crippen LogP contribution in [0.3, 0.4) is 0 Å². The first-order valence-corrected chi connectivity index (χ1v) is 6.02. The Kier molecular flexibility index (Phi) is 5.06. The van der Waals surface area contributed by atoms with E-state index < -0.39 is 5.60 Å². The highest BCUT2D eigenvalue weighted by atomic mass is 35.5. The molecule has 0 aromatic heterocycles. The molecule has 90 valence electrons. The van der Waals surface area contributed by atoms with Crippen LogP contribution in [0.15, 0.2) is 18.2 Å². The van der Waals surface area contributed by atoms with Gasteiger partial charge in [0.05, 0.1) is 15.6 Å². The SMILES string of the molecule is CNCCC(C)(O)Cc1cccc(Cl)c1Cl. The molecule has 0 bridgehead atoms. The maximum absolute atomic E-state index is 10.2. The van der Waals surface area contributed by atoms with Gasteiger partial charge < -0.3 is 10.4 Å². The molecule has 0 amide bonds. The summed E-state index contributed by atoms with van der Waals surface area (Å²) in [4.78, 5) is 0. The first kappa shape index (κ1) is 13.8. The Morgan fingerprint density at radius 3 is 2.69 bits per heavy atom. The number of rotatable bonds is 5. The monoisotopic (exact) mass is 261 g/mol. The lowest BCUT2D eigenvalue weighted by molar-refractivity contribution is 0.0521. The van der Waals surface area contributed by atoms with E-state index in [-0.39, 0.29) is 0 Å². The Morgan fingerprint density at radius 2 is 2.06 bits per heavy atom. The van der Waals surface area contributed by atoms with Crippen molar-refractivity contribution in [3.63, 3.8) is 0 Å². The van der Waals surface area contributed by atoms with Crippen LogP contribution in [-0.4, -0.2) is 24.3 Å². The molecular weight excluding hydrogens is 245 g/mol. The normalized spacial score (nSPS) is 14.8. The summed E-state index contributed by atoms with van der Waals surface area (Å²) < 4.78 is 0. The summed E-state index contributed by atoms with van der Waals surface area (Å²) in [7, 11) is 1.86. The third kappa shape index (κ3) is 3.95. The molecule has 2 N–H and O–H groups in total. The molecule has 16 heavy (non-hydrogen) atoms. The van der Waals surface area contributed by atoms with Crippen molar-refractivity contribution in [1.29, 1.82) is 0 Å². The van der Waals surface area contributed by atoms with Crippen LogP contribution in [0.1, 0.15) is 18.9 Å². The van der Waals surface area contributed by atoms with Gasteiger partial charge in [-0.3, -0.25) is 0 Å². The highest BCUT2D eigenvalue weighted by molar-refractivity contribution is 6.42. The van der Waals surface area contributed by atoms with Gasteiger partial charge >= 0.3 is 0 Å². The van der Waals surface area contributed by atoms with Gasteiger partial charge in [0.1, 0.15) is 0 Å². The van der Waals surface area contributed by atoms with E-state index in [9.17, 15) is 5.11 Å². The molecule has 1 aromatic rings. The van der Waals surface area contributed by atoms with Crippen LogP contribution in [0, 0.1) is 0 Å². The number of aliphatic hydroxyl groups is 1. The molecule has 0 aliphatic heterocycles. The largest absolute Gasteiger partial charge is 0.390 e. The van der Waals surface area contributed by atoms with Gasteiger partial charge in [0.25, 0.3) is 0 Å². The van der Waals surface area contributed by atoms with Crippen LogP contribution in [0.5, 0.6) is 0 Å². The number of benzene rings is 1. The maximum Gasteiger partial charge on any atom is 0.0672 e. The summed E-state index contributed by atoms with van der Waals surface area (Å²) >= 11 is 12.0. The van der Waals surface area contributed by atoms with E-state index in [1.807, 2.05) is 26.1 Å². The molecule has 1 rings (SSSR count). The molecule has 0 saturated heterocycles. The topological polar surface area (TPSA) is 32.3 Å². The Bertz CT molecular complexity index is 353. The zero-order valence-corrected chi connectivity index (χ0v) is 11.1.